The number of benzene rings is 1. The van der Waals surface area contributed by atoms with Crippen LogP contribution in [0.15, 0.2) is 35.2 Å². The van der Waals surface area contributed by atoms with Crippen molar-refractivity contribution in [1.82, 2.24) is 19.3 Å². The van der Waals surface area contributed by atoms with Crippen LogP contribution in [0.1, 0.15) is 30.0 Å². The third-order valence-electron chi connectivity index (χ3n) is 4.15. The number of imidazole rings is 1. The third kappa shape index (κ3) is 3.42. The highest BCUT2D eigenvalue weighted by atomic mass is 79.9. The van der Waals surface area contributed by atoms with Crippen molar-refractivity contribution in [3.63, 3.8) is 0 Å². The summed E-state index contributed by atoms with van der Waals surface area (Å²) in [4.78, 5) is 4.54. The predicted octanol–water partition coefficient (Wildman–Crippen LogP) is 5.32. The van der Waals surface area contributed by atoms with Crippen molar-refractivity contribution in [2.45, 2.75) is 32.9 Å². The van der Waals surface area contributed by atoms with Gasteiger partial charge < -0.3 is 4.57 Å². The maximum atomic E-state index is 13.1. The summed E-state index contributed by atoms with van der Waals surface area (Å²) in [5, 5.41) is 4.30. The van der Waals surface area contributed by atoms with E-state index in [0.717, 1.165) is 23.9 Å². The molecule has 0 N–H and O–H groups in total. The van der Waals surface area contributed by atoms with E-state index >= 15 is 0 Å². The molecule has 0 spiro atoms. The average molecular weight is 427 g/mol. The van der Waals surface area contributed by atoms with Crippen LogP contribution in [-0.4, -0.2) is 19.3 Å². The fourth-order valence-electron chi connectivity index (χ4n) is 2.94. The maximum absolute atomic E-state index is 13.1. The van der Waals surface area contributed by atoms with Gasteiger partial charge in [-0.25, -0.2) is 9.67 Å². The van der Waals surface area contributed by atoms with E-state index < -0.39 is 11.7 Å². The summed E-state index contributed by atoms with van der Waals surface area (Å²) in [6, 6.07) is 3.83. The molecule has 1 aromatic carbocycles. The number of hydrogen-bond acceptors (Lipinski definition) is 2. The van der Waals surface area contributed by atoms with Gasteiger partial charge in [-0.05, 0) is 52.5 Å². The standard InChI is InChI=1S/C18H18BrF3N4/c1-4-5-12-8-13(18(20,21)22)6-7-14(12)16-24-15(19)17(25(16)3)26-10-11(2)9-23-26/h6-10H,4-5H2,1-3H3. The molecule has 4 nitrogen and oxygen atoms in total. The third-order valence-corrected chi connectivity index (χ3v) is 4.68. The first-order valence-corrected chi connectivity index (χ1v) is 8.96. The molecule has 0 fully saturated rings. The van der Waals surface area contributed by atoms with Crippen molar-refractivity contribution in [1.29, 1.82) is 0 Å². The quantitative estimate of drug-likeness (QED) is 0.566. The largest absolute Gasteiger partial charge is 0.416 e. The van der Waals surface area contributed by atoms with Crippen LogP contribution in [0.4, 0.5) is 13.2 Å². The summed E-state index contributed by atoms with van der Waals surface area (Å²) >= 11 is 3.45. The minimum atomic E-state index is -4.36. The fraction of sp³-hybridized carbons (Fsp3) is 0.333. The van der Waals surface area contributed by atoms with Crippen molar-refractivity contribution < 1.29 is 13.2 Å². The Balaban J connectivity index is 2.15. The molecule has 0 radical (unpaired) electrons. The molecule has 0 aliphatic rings. The summed E-state index contributed by atoms with van der Waals surface area (Å²) in [5.41, 5.74) is 1.69. The number of aryl methyl sites for hydroxylation is 2. The highest BCUT2D eigenvalue weighted by Gasteiger charge is 2.31. The number of hydrogen-bond donors (Lipinski definition) is 0. The Morgan fingerprint density at radius 3 is 2.54 bits per heavy atom. The molecule has 0 unspecified atom stereocenters. The van der Waals surface area contributed by atoms with E-state index in [1.807, 2.05) is 31.7 Å². The molecule has 8 heteroatoms. The van der Waals surface area contributed by atoms with Crippen LogP contribution in [0.3, 0.4) is 0 Å². The second kappa shape index (κ2) is 6.90. The molecule has 2 aromatic heterocycles. The minimum absolute atomic E-state index is 0.542. The molecule has 138 valence electrons. The molecule has 0 saturated carbocycles. The van der Waals surface area contributed by atoms with Gasteiger partial charge in [-0.2, -0.15) is 18.3 Å². The molecule has 0 amide bonds. The van der Waals surface area contributed by atoms with Gasteiger partial charge in [0, 0.05) is 18.8 Å². The van der Waals surface area contributed by atoms with Crippen LogP contribution >= 0.6 is 15.9 Å². The summed E-state index contributed by atoms with van der Waals surface area (Å²) < 4.78 is 43.3. The van der Waals surface area contributed by atoms with Gasteiger partial charge in [0.25, 0.3) is 0 Å². The van der Waals surface area contributed by atoms with Crippen molar-refractivity contribution >= 4 is 15.9 Å². The zero-order valence-corrected chi connectivity index (χ0v) is 16.2. The maximum Gasteiger partial charge on any atom is 0.416 e. The summed E-state index contributed by atoms with van der Waals surface area (Å²) in [6.45, 7) is 3.88. The zero-order valence-electron chi connectivity index (χ0n) is 14.6. The second-order valence-electron chi connectivity index (χ2n) is 6.19. The lowest BCUT2D eigenvalue weighted by atomic mass is 9.99. The smallest absolute Gasteiger partial charge is 0.311 e. The first-order chi connectivity index (χ1) is 12.2. The van der Waals surface area contributed by atoms with Crippen molar-refractivity contribution in [3.8, 4) is 17.2 Å². The lowest BCUT2D eigenvalue weighted by molar-refractivity contribution is -0.137. The number of nitrogens with zero attached hydrogens (tertiary/aromatic N) is 4. The summed E-state index contributed by atoms with van der Waals surface area (Å²) in [7, 11) is 1.83. The van der Waals surface area contributed by atoms with Gasteiger partial charge in [-0.15, -0.1) is 0 Å². The molecule has 26 heavy (non-hydrogen) atoms. The Bertz CT molecular complexity index is 941. The highest BCUT2D eigenvalue weighted by Crippen LogP contribution is 2.35. The van der Waals surface area contributed by atoms with Crippen LogP contribution < -0.4 is 0 Å². The van der Waals surface area contributed by atoms with Crippen LogP contribution in [0.5, 0.6) is 0 Å². The number of halogens is 4. The van der Waals surface area contributed by atoms with Gasteiger partial charge >= 0.3 is 6.18 Å². The molecule has 0 aliphatic heterocycles. The van der Waals surface area contributed by atoms with Crippen LogP contribution in [0.25, 0.3) is 17.2 Å². The van der Waals surface area contributed by atoms with E-state index in [0.29, 0.717) is 28.0 Å². The van der Waals surface area contributed by atoms with Gasteiger partial charge in [0.15, 0.2) is 10.4 Å². The van der Waals surface area contributed by atoms with Crippen molar-refractivity contribution in [3.05, 3.63) is 51.9 Å². The lowest BCUT2D eigenvalue weighted by Crippen LogP contribution is -2.08. The first kappa shape index (κ1) is 18.7. The van der Waals surface area contributed by atoms with Crippen LogP contribution in [0.2, 0.25) is 0 Å². The zero-order chi connectivity index (χ0) is 19.1. The molecule has 2 heterocycles. The Hall–Kier alpha value is -2.09. The highest BCUT2D eigenvalue weighted by molar-refractivity contribution is 9.10. The second-order valence-corrected chi connectivity index (χ2v) is 6.94. The number of rotatable bonds is 4. The monoisotopic (exact) mass is 426 g/mol. The van der Waals surface area contributed by atoms with Gasteiger partial charge in [0.05, 0.1) is 11.8 Å². The van der Waals surface area contributed by atoms with E-state index in [-0.39, 0.29) is 0 Å². The van der Waals surface area contributed by atoms with Gasteiger partial charge in [0.1, 0.15) is 5.82 Å². The Morgan fingerprint density at radius 2 is 1.96 bits per heavy atom. The molecular weight excluding hydrogens is 409 g/mol. The normalized spacial score (nSPS) is 12.0. The number of aromatic nitrogens is 4. The topological polar surface area (TPSA) is 35.6 Å². The molecule has 3 aromatic rings. The Labute approximate surface area is 157 Å². The van der Waals surface area contributed by atoms with Crippen LogP contribution in [-0.2, 0) is 19.6 Å². The predicted molar refractivity (Wildman–Crippen MR) is 97.2 cm³/mol. The molecule has 0 aliphatic carbocycles. The van der Waals surface area contributed by atoms with E-state index in [9.17, 15) is 13.2 Å². The minimum Gasteiger partial charge on any atom is -0.311 e. The molecule has 0 bridgehead atoms. The SMILES string of the molecule is CCCc1cc(C(F)(F)F)ccc1-c1nc(Br)c(-n2cc(C)cn2)n1C. The summed E-state index contributed by atoms with van der Waals surface area (Å²) in [5.74, 6) is 1.31. The molecule has 3 rings (SSSR count). The number of alkyl halides is 3. The van der Waals surface area contributed by atoms with E-state index in [1.54, 1.807) is 10.9 Å². The average Bonchev–Trinajstić information content (AvgIpc) is 3.10. The van der Waals surface area contributed by atoms with Gasteiger partial charge in [0.2, 0.25) is 0 Å². The Morgan fingerprint density at radius 1 is 1.23 bits per heavy atom. The van der Waals surface area contributed by atoms with Gasteiger partial charge in [-0.3, -0.25) is 0 Å². The fourth-order valence-corrected chi connectivity index (χ4v) is 3.55. The van der Waals surface area contributed by atoms with E-state index in [4.69, 9.17) is 0 Å². The first-order valence-electron chi connectivity index (χ1n) is 8.16. The molecule has 0 atom stereocenters. The van der Waals surface area contributed by atoms with E-state index in [2.05, 4.69) is 26.0 Å². The van der Waals surface area contributed by atoms with Crippen molar-refractivity contribution in [2.75, 3.05) is 0 Å². The van der Waals surface area contributed by atoms with Crippen molar-refractivity contribution in [2.24, 2.45) is 7.05 Å². The van der Waals surface area contributed by atoms with Crippen LogP contribution in [0, 0.1) is 6.92 Å². The Kier molecular flexibility index (Phi) is 4.96. The summed E-state index contributed by atoms with van der Waals surface area (Å²) in [6.07, 6.45) is 0.525. The van der Waals surface area contributed by atoms with E-state index in [1.165, 1.54) is 12.1 Å². The molecular formula is C18H18BrF3N4. The lowest BCUT2D eigenvalue weighted by Gasteiger charge is -2.14. The van der Waals surface area contributed by atoms with Gasteiger partial charge in [-0.1, -0.05) is 19.4 Å². The molecule has 0 saturated heterocycles.